The normalized spacial score (nSPS) is 22.8. The van der Waals surface area contributed by atoms with Gasteiger partial charge in [-0.15, -0.1) is 11.3 Å². The first-order valence-corrected chi connectivity index (χ1v) is 11.3. The Kier molecular flexibility index (Phi) is 5.05. The highest BCUT2D eigenvalue weighted by Gasteiger charge is 2.35. The van der Waals surface area contributed by atoms with E-state index in [1.165, 1.54) is 10.9 Å². The Morgan fingerprint density at radius 2 is 1.87 bits per heavy atom. The number of nitrogens with one attached hydrogen (secondary N) is 1. The zero-order chi connectivity index (χ0) is 20.7. The number of benzene rings is 1. The quantitative estimate of drug-likeness (QED) is 0.702. The van der Waals surface area contributed by atoms with Crippen LogP contribution in [0.3, 0.4) is 0 Å². The van der Waals surface area contributed by atoms with Gasteiger partial charge in [-0.3, -0.25) is 14.2 Å². The molecule has 154 valence electrons. The maximum absolute atomic E-state index is 13.0. The monoisotopic (exact) mass is 419 g/mol. The molecule has 3 aliphatic heterocycles. The van der Waals surface area contributed by atoms with Gasteiger partial charge in [-0.05, 0) is 63.0 Å². The number of piperidine rings is 3. The van der Waals surface area contributed by atoms with Gasteiger partial charge in [0.1, 0.15) is 0 Å². The zero-order valence-corrected chi connectivity index (χ0v) is 17.8. The molecule has 5 heterocycles. The van der Waals surface area contributed by atoms with Crippen molar-refractivity contribution in [1.29, 1.82) is 0 Å². The number of rotatable bonds is 4. The minimum Gasteiger partial charge on any atom is -0.348 e. The van der Waals surface area contributed by atoms with Crippen molar-refractivity contribution in [3.8, 4) is 16.1 Å². The summed E-state index contributed by atoms with van der Waals surface area (Å²) in [4.78, 5) is 30.5. The molecule has 2 bridgehead atoms. The summed E-state index contributed by atoms with van der Waals surface area (Å²) in [7, 11) is 0. The van der Waals surface area contributed by atoms with E-state index in [1.54, 1.807) is 28.2 Å². The number of fused-ring (bicyclic) bond motifs is 3. The van der Waals surface area contributed by atoms with Crippen molar-refractivity contribution >= 4 is 17.2 Å². The van der Waals surface area contributed by atoms with Gasteiger partial charge in [0, 0.05) is 40.2 Å². The fourth-order valence-electron chi connectivity index (χ4n) is 4.66. The van der Waals surface area contributed by atoms with Crippen LogP contribution in [0.1, 0.15) is 28.1 Å². The fraction of sp³-hybridized carbons (Fsp3) is 0.333. The molecule has 2 aromatic heterocycles. The lowest BCUT2D eigenvalue weighted by atomic mass is 9.84. The number of carbonyl (C=O) groups excluding carboxylic acids is 1. The molecule has 0 radical (unpaired) electrons. The summed E-state index contributed by atoms with van der Waals surface area (Å²) in [5.41, 5.74) is 2.16. The van der Waals surface area contributed by atoms with E-state index in [1.807, 2.05) is 24.3 Å². The summed E-state index contributed by atoms with van der Waals surface area (Å²) in [5.74, 6) is 0.458. The Balaban J connectivity index is 1.46. The van der Waals surface area contributed by atoms with Crippen LogP contribution in [0, 0.1) is 12.8 Å². The van der Waals surface area contributed by atoms with E-state index in [0.29, 0.717) is 11.5 Å². The fourth-order valence-corrected chi connectivity index (χ4v) is 5.56. The van der Waals surface area contributed by atoms with Gasteiger partial charge >= 0.3 is 0 Å². The molecule has 3 aromatic rings. The lowest BCUT2D eigenvalue weighted by Crippen LogP contribution is -2.57. The highest BCUT2D eigenvalue weighted by Crippen LogP contribution is 2.32. The van der Waals surface area contributed by atoms with Gasteiger partial charge in [0.2, 0.25) is 0 Å². The first-order chi connectivity index (χ1) is 14.6. The minimum atomic E-state index is -0.143. The molecule has 3 saturated heterocycles. The first-order valence-electron chi connectivity index (χ1n) is 10.5. The number of nitrogens with zero attached hydrogens (tertiary/aromatic N) is 2. The number of aromatic nitrogens is 1. The van der Waals surface area contributed by atoms with E-state index in [9.17, 15) is 9.59 Å². The van der Waals surface area contributed by atoms with Crippen molar-refractivity contribution < 1.29 is 4.79 Å². The number of pyridine rings is 1. The summed E-state index contributed by atoms with van der Waals surface area (Å²) >= 11 is 1.70. The standard InChI is InChI=1S/C24H25N3O2S/c1-16-6-8-22(30-16)19-4-2-3-5-21(19)27-14-18(7-9-23(27)28)24(29)25-20-15-26-12-10-17(20)11-13-26/h2-9,14,17,20H,10-13,15H2,1H3,(H,25,29). The Morgan fingerprint density at radius 1 is 1.07 bits per heavy atom. The van der Waals surface area contributed by atoms with E-state index in [-0.39, 0.29) is 17.5 Å². The van der Waals surface area contributed by atoms with Gasteiger partial charge in [0.25, 0.3) is 11.5 Å². The number of hydrogen-bond donors (Lipinski definition) is 1. The largest absolute Gasteiger partial charge is 0.348 e. The van der Waals surface area contributed by atoms with E-state index in [0.717, 1.165) is 48.6 Å². The number of amides is 1. The Bertz CT molecular complexity index is 1140. The van der Waals surface area contributed by atoms with Crippen LogP contribution in [-0.4, -0.2) is 41.1 Å². The third-order valence-corrected chi connectivity index (χ3v) is 7.35. The molecule has 0 saturated carbocycles. The van der Waals surface area contributed by atoms with Gasteiger partial charge in [-0.2, -0.15) is 0 Å². The van der Waals surface area contributed by atoms with E-state index in [4.69, 9.17) is 0 Å². The molecule has 30 heavy (non-hydrogen) atoms. The van der Waals surface area contributed by atoms with Gasteiger partial charge in [-0.25, -0.2) is 0 Å². The summed E-state index contributed by atoms with van der Waals surface area (Å²) in [5, 5.41) is 3.22. The van der Waals surface area contributed by atoms with Crippen LogP contribution in [0.25, 0.3) is 16.1 Å². The Morgan fingerprint density at radius 3 is 2.57 bits per heavy atom. The van der Waals surface area contributed by atoms with Crippen molar-refractivity contribution in [2.75, 3.05) is 19.6 Å². The van der Waals surface area contributed by atoms with Crippen molar-refractivity contribution in [1.82, 2.24) is 14.8 Å². The van der Waals surface area contributed by atoms with Crippen LogP contribution in [0.4, 0.5) is 0 Å². The molecule has 6 heteroatoms. The molecule has 5 nitrogen and oxygen atoms in total. The van der Waals surface area contributed by atoms with Crippen molar-refractivity contribution in [2.45, 2.75) is 25.8 Å². The topological polar surface area (TPSA) is 54.3 Å². The Labute approximate surface area is 180 Å². The van der Waals surface area contributed by atoms with Crippen LogP contribution in [0.2, 0.25) is 0 Å². The second-order valence-corrected chi connectivity index (χ2v) is 9.56. The first kappa shape index (κ1) is 19.3. The summed E-state index contributed by atoms with van der Waals surface area (Å²) in [6.45, 7) is 5.28. The van der Waals surface area contributed by atoms with Crippen LogP contribution in [-0.2, 0) is 0 Å². The van der Waals surface area contributed by atoms with E-state index < -0.39 is 0 Å². The predicted octanol–water partition coefficient (Wildman–Crippen LogP) is 3.70. The summed E-state index contributed by atoms with van der Waals surface area (Å²) in [6, 6.07) is 15.3. The van der Waals surface area contributed by atoms with E-state index in [2.05, 4.69) is 29.3 Å². The number of hydrogen-bond acceptors (Lipinski definition) is 4. The van der Waals surface area contributed by atoms with Gasteiger partial charge in [0.05, 0.1) is 11.3 Å². The lowest BCUT2D eigenvalue weighted by Gasteiger charge is -2.44. The molecule has 3 fully saturated rings. The molecule has 1 atom stereocenters. The number of carbonyl (C=O) groups is 1. The van der Waals surface area contributed by atoms with Crippen LogP contribution < -0.4 is 10.9 Å². The average molecular weight is 420 g/mol. The molecule has 1 amide bonds. The number of thiophene rings is 1. The van der Waals surface area contributed by atoms with Crippen molar-refractivity contribution in [3.63, 3.8) is 0 Å². The summed E-state index contributed by atoms with van der Waals surface area (Å²) in [6.07, 6.45) is 3.98. The minimum absolute atomic E-state index is 0.105. The molecular weight excluding hydrogens is 394 g/mol. The number of para-hydroxylation sites is 1. The second-order valence-electron chi connectivity index (χ2n) is 8.27. The third kappa shape index (κ3) is 3.61. The predicted molar refractivity (Wildman–Crippen MR) is 121 cm³/mol. The molecule has 1 unspecified atom stereocenters. The highest BCUT2D eigenvalue weighted by molar-refractivity contribution is 7.15. The smallest absolute Gasteiger partial charge is 0.255 e. The average Bonchev–Trinajstić information content (AvgIpc) is 3.21. The van der Waals surface area contributed by atoms with Gasteiger partial charge < -0.3 is 10.2 Å². The highest BCUT2D eigenvalue weighted by atomic mass is 32.1. The van der Waals surface area contributed by atoms with E-state index >= 15 is 0 Å². The summed E-state index contributed by atoms with van der Waals surface area (Å²) < 4.78 is 1.59. The molecular formula is C24H25N3O2S. The van der Waals surface area contributed by atoms with Crippen molar-refractivity contribution in [2.24, 2.45) is 5.92 Å². The lowest BCUT2D eigenvalue weighted by molar-refractivity contribution is 0.0620. The molecule has 0 spiro atoms. The third-order valence-electron chi connectivity index (χ3n) is 6.32. The molecule has 6 rings (SSSR count). The van der Waals surface area contributed by atoms with Crippen LogP contribution in [0.15, 0.2) is 59.5 Å². The maximum Gasteiger partial charge on any atom is 0.255 e. The van der Waals surface area contributed by atoms with Crippen LogP contribution >= 0.6 is 11.3 Å². The molecule has 1 N–H and O–H groups in total. The number of aryl methyl sites for hydroxylation is 1. The molecule has 3 aliphatic rings. The molecule has 1 aromatic carbocycles. The SMILES string of the molecule is Cc1ccc(-c2ccccc2-n2cc(C(=O)NC3CN4CCC3CC4)ccc2=O)s1. The van der Waals surface area contributed by atoms with Crippen molar-refractivity contribution in [3.05, 3.63) is 75.5 Å². The van der Waals surface area contributed by atoms with Gasteiger partial charge in [0.15, 0.2) is 0 Å². The Hall–Kier alpha value is -2.70. The second kappa shape index (κ2) is 7.85. The molecule has 0 aliphatic carbocycles. The van der Waals surface area contributed by atoms with Gasteiger partial charge in [-0.1, -0.05) is 18.2 Å². The maximum atomic E-state index is 13.0. The van der Waals surface area contributed by atoms with Crippen LogP contribution in [0.5, 0.6) is 0 Å². The zero-order valence-electron chi connectivity index (χ0n) is 17.0.